The third-order valence-electron chi connectivity index (χ3n) is 6.07. The molecule has 2 aromatic carbocycles. The number of rotatable bonds is 10. The van der Waals surface area contributed by atoms with E-state index in [0.29, 0.717) is 0 Å². The SMILES string of the molecule is CCCCCc1cc(CCN2CCN(c3ccc(OCC)cc3)CC2)ccc1C.Cl.Cl. The Morgan fingerprint density at radius 2 is 1.55 bits per heavy atom. The van der Waals surface area contributed by atoms with E-state index >= 15 is 0 Å². The lowest BCUT2D eigenvalue weighted by molar-refractivity contribution is 0.261. The van der Waals surface area contributed by atoms with Crippen LogP contribution in [0.4, 0.5) is 5.69 Å². The Morgan fingerprint density at radius 1 is 0.839 bits per heavy atom. The summed E-state index contributed by atoms with van der Waals surface area (Å²) in [5, 5.41) is 0. The highest BCUT2D eigenvalue weighted by atomic mass is 35.5. The van der Waals surface area contributed by atoms with Gasteiger partial charge in [0.1, 0.15) is 5.75 Å². The van der Waals surface area contributed by atoms with Gasteiger partial charge >= 0.3 is 0 Å². The van der Waals surface area contributed by atoms with Crippen LogP contribution in [0.3, 0.4) is 0 Å². The molecule has 1 aliphatic heterocycles. The van der Waals surface area contributed by atoms with Gasteiger partial charge < -0.3 is 9.64 Å². The van der Waals surface area contributed by atoms with E-state index in [1.807, 2.05) is 6.92 Å². The number of hydrogen-bond acceptors (Lipinski definition) is 3. The molecule has 174 valence electrons. The maximum Gasteiger partial charge on any atom is 0.119 e. The van der Waals surface area contributed by atoms with E-state index < -0.39 is 0 Å². The molecule has 0 saturated carbocycles. The molecular weight excluding hydrogens is 427 g/mol. The van der Waals surface area contributed by atoms with Crippen LogP contribution in [0.1, 0.15) is 49.8 Å². The van der Waals surface area contributed by atoms with Crippen molar-refractivity contribution in [3.63, 3.8) is 0 Å². The van der Waals surface area contributed by atoms with Crippen molar-refractivity contribution in [1.29, 1.82) is 0 Å². The molecular formula is C26H40Cl2N2O. The summed E-state index contributed by atoms with van der Waals surface area (Å²) in [7, 11) is 0. The lowest BCUT2D eigenvalue weighted by atomic mass is 9.98. The molecule has 0 amide bonds. The lowest BCUT2D eigenvalue weighted by Gasteiger charge is -2.36. The van der Waals surface area contributed by atoms with Gasteiger partial charge in [-0.3, -0.25) is 4.90 Å². The van der Waals surface area contributed by atoms with Crippen LogP contribution in [-0.2, 0) is 12.8 Å². The first kappa shape index (κ1) is 27.6. The second kappa shape index (κ2) is 14.6. The Balaban J connectivity index is 0.00000240. The molecule has 31 heavy (non-hydrogen) atoms. The first-order valence-corrected chi connectivity index (χ1v) is 11.5. The van der Waals surface area contributed by atoms with Crippen LogP contribution in [0, 0.1) is 6.92 Å². The van der Waals surface area contributed by atoms with Gasteiger partial charge in [-0.25, -0.2) is 0 Å². The molecule has 3 nitrogen and oxygen atoms in total. The number of ether oxygens (including phenoxy) is 1. The van der Waals surface area contributed by atoms with Crippen LogP contribution in [0.25, 0.3) is 0 Å². The Labute approximate surface area is 202 Å². The molecule has 1 aliphatic rings. The Hall–Kier alpha value is -1.42. The van der Waals surface area contributed by atoms with E-state index in [2.05, 4.69) is 66.1 Å². The maximum atomic E-state index is 5.56. The van der Waals surface area contributed by atoms with Crippen LogP contribution >= 0.6 is 24.8 Å². The molecule has 0 aliphatic carbocycles. The summed E-state index contributed by atoms with van der Waals surface area (Å²) in [5.74, 6) is 0.960. The number of halogens is 2. The van der Waals surface area contributed by atoms with Crippen molar-refractivity contribution in [3.05, 3.63) is 59.2 Å². The Kier molecular flexibility index (Phi) is 13.0. The van der Waals surface area contributed by atoms with Gasteiger partial charge in [0.2, 0.25) is 0 Å². The highest BCUT2D eigenvalue weighted by molar-refractivity contribution is 5.85. The number of aryl methyl sites for hydroxylation is 2. The molecule has 2 aromatic rings. The van der Waals surface area contributed by atoms with Gasteiger partial charge in [-0.15, -0.1) is 24.8 Å². The Bertz CT molecular complexity index is 744. The zero-order chi connectivity index (χ0) is 20.5. The largest absolute Gasteiger partial charge is 0.494 e. The lowest BCUT2D eigenvalue weighted by Crippen LogP contribution is -2.47. The fraction of sp³-hybridized carbons (Fsp3) is 0.538. The van der Waals surface area contributed by atoms with E-state index in [0.717, 1.165) is 51.5 Å². The molecule has 0 unspecified atom stereocenters. The van der Waals surface area contributed by atoms with Gasteiger partial charge in [0.15, 0.2) is 0 Å². The van der Waals surface area contributed by atoms with Gasteiger partial charge in [-0.05, 0) is 74.1 Å². The van der Waals surface area contributed by atoms with Crippen molar-refractivity contribution >= 4 is 30.5 Å². The fourth-order valence-corrected chi connectivity index (χ4v) is 4.15. The normalized spacial score (nSPS) is 14.0. The number of hydrogen-bond donors (Lipinski definition) is 0. The van der Waals surface area contributed by atoms with Gasteiger partial charge in [0.25, 0.3) is 0 Å². The zero-order valence-corrected chi connectivity index (χ0v) is 21.1. The molecule has 0 bridgehead atoms. The van der Waals surface area contributed by atoms with E-state index in [1.54, 1.807) is 5.56 Å². The standard InChI is InChI=1S/C26H38N2O.2ClH/c1-4-6-7-8-24-21-23(10-9-22(24)3)15-16-27-17-19-28(20-18-27)25-11-13-26(14-12-25)29-5-2;;/h9-14,21H,4-8,15-20H2,1-3H3;2*1H. The van der Waals surface area contributed by atoms with Crippen molar-refractivity contribution in [2.24, 2.45) is 0 Å². The Morgan fingerprint density at radius 3 is 2.19 bits per heavy atom. The van der Waals surface area contributed by atoms with Crippen molar-refractivity contribution in [3.8, 4) is 5.75 Å². The summed E-state index contributed by atoms with van der Waals surface area (Å²) >= 11 is 0. The first-order valence-electron chi connectivity index (χ1n) is 11.5. The summed E-state index contributed by atoms with van der Waals surface area (Å²) in [5.41, 5.74) is 5.81. The van der Waals surface area contributed by atoms with Crippen LogP contribution < -0.4 is 9.64 Å². The number of unbranched alkanes of at least 4 members (excludes halogenated alkanes) is 2. The minimum atomic E-state index is 0. The average molecular weight is 468 g/mol. The minimum Gasteiger partial charge on any atom is -0.494 e. The maximum absolute atomic E-state index is 5.56. The topological polar surface area (TPSA) is 15.7 Å². The number of piperazine rings is 1. The summed E-state index contributed by atoms with van der Waals surface area (Å²) in [6, 6.07) is 15.7. The van der Waals surface area contributed by atoms with Crippen molar-refractivity contribution in [2.75, 3.05) is 44.2 Å². The molecule has 5 heteroatoms. The molecule has 0 atom stereocenters. The summed E-state index contributed by atoms with van der Waals surface area (Å²) < 4.78 is 5.56. The quantitative estimate of drug-likeness (QED) is 0.380. The second-order valence-corrected chi connectivity index (χ2v) is 8.22. The van der Waals surface area contributed by atoms with E-state index in [9.17, 15) is 0 Å². The molecule has 0 N–H and O–H groups in total. The van der Waals surface area contributed by atoms with Crippen LogP contribution in [0.15, 0.2) is 42.5 Å². The van der Waals surface area contributed by atoms with Gasteiger partial charge in [0.05, 0.1) is 6.61 Å². The fourth-order valence-electron chi connectivity index (χ4n) is 4.15. The van der Waals surface area contributed by atoms with Gasteiger partial charge in [0, 0.05) is 38.4 Å². The van der Waals surface area contributed by atoms with Crippen molar-refractivity contribution in [2.45, 2.75) is 52.9 Å². The second-order valence-electron chi connectivity index (χ2n) is 8.22. The van der Waals surface area contributed by atoms with Crippen LogP contribution in [-0.4, -0.2) is 44.2 Å². The zero-order valence-electron chi connectivity index (χ0n) is 19.4. The monoisotopic (exact) mass is 466 g/mol. The number of anilines is 1. The molecule has 1 heterocycles. The van der Waals surface area contributed by atoms with E-state index in [-0.39, 0.29) is 24.8 Å². The third-order valence-corrected chi connectivity index (χ3v) is 6.07. The minimum absolute atomic E-state index is 0. The van der Waals surface area contributed by atoms with Crippen molar-refractivity contribution in [1.82, 2.24) is 4.90 Å². The molecule has 0 radical (unpaired) electrons. The number of benzene rings is 2. The summed E-state index contributed by atoms with van der Waals surface area (Å²) in [4.78, 5) is 5.10. The van der Waals surface area contributed by atoms with E-state index in [1.165, 1.54) is 42.5 Å². The van der Waals surface area contributed by atoms with Gasteiger partial charge in [-0.2, -0.15) is 0 Å². The van der Waals surface area contributed by atoms with Gasteiger partial charge in [-0.1, -0.05) is 38.0 Å². The third kappa shape index (κ3) is 8.56. The first-order chi connectivity index (χ1) is 14.2. The average Bonchev–Trinajstić information content (AvgIpc) is 2.75. The molecule has 3 rings (SSSR count). The summed E-state index contributed by atoms with van der Waals surface area (Å²) in [6.07, 6.45) is 6.33. The predicted octanol–water partition coefficient (Wildman–Crippen LogP) is 6.33. The van der Waals surface area contributed by atoms with Crippen LogP contribution in [0.2, 0.25) is 0 Å². The van der Waals surface area contributed by atoms with Crippen LogP contribution in [0.5, 0.6) is 5.75 Å². The summed E-state index contributed by atoms with van der Waals surface area (Å²) in [6.45, 7) is 12.9. The van der Waals surface area contributed by atoms with E-state index in [4.69, 9.17) is 4.74 Å². The number of nitrogens with zero attached hydrogens (tertiary/aromatic N) is 2. The predicted molar refractivity (Wildman–Crippen MR) is 139 cm³/mol. The molecule has 1 saturated heterocycles. The van der Waals surface area contributed by atoms with Crippen molar-refractivity contribution < 1.29 is 4.74 Å². The molecule has 0 aromatic heterocycles. The molecule has 0 spiro atoms. The smallest absolute Gasteiger partial charge is 0.119 e. The molecule has 1 fully saturated rings. The highest BCUT2D eigenvalue weighted by Crippen LogP contribution is 2.21. The highest BCUT2D eigenvalue weighted by Gasteiger charge is 2.17.